The van der Waals surface area contributed by atoms with Gasteiger partial charge in [0.05, 0.1) is 0 Å². The normalized spacial score (nSPS) is 23.5. The number of thioether (sulfide) groups is 1. The summed E-state index contributed by atoms with van der Waals surface area (Å²) in [5.74, 6) is 2.64. The second-order valence-electron chi connectivity index (χ2n) is 6.97. The molecule has 1 fully saturated rings. The Labute approximate surface area is 149 Å². The van der Waals surface area contributed by atoms with E-state index in [0.717, 1.165) is 21.5 Å². The fourth-order valence-electron chi connectivity index (χ4n) is 3.11. The molecule has 0 unspecified atom stereocenters. The predicted molar refractivity (Wildman–Crippen MR) is 96.8 cm³/mol. The van der Waals surface area contributed by atoms with E-state index in [4.69, 9.17) is 9.47 Å². The maximum atomic E-state index is 12.6. The van der Waals surface area contributed by atoms with Crippen LogP contribution in [0.25, 0.3) is 0 Å². The molecule has 1 aromatic rings. The van der Waals surface area contributed by atoms with Crippen molar-refractivity contribution < 1.29 is 14.3 Å². The van der Waals surface area contributed by atoms with Crippen LogP contribution in [-0.4, -0.2) is 11.9 Å². The molecule has 1 aliphatic carbocycles. The van der Waals surface area contributed by atoms with Crippen LogP contribution in [0.2, 0.25) is 0 Å². The van der Waals surface area contributed by atoms with Crippen molar-refractivity contribution in [1.29, 1.82) is 0 Å². The van der Waals surface area contributed by atoms with Gasteiger partial charge in [-0.1, -0.05) is 53.2 Å². The predicted octanol–water partition coefficient (Wildman–Crippen LogP) is 5.18. The Balaban J connectivity index is 1.65. The first-order chi connectivity index (χ1) is 10.8. The van der Waals surface area contributed by atoms with Crippen molar-refractivity contribution >= 4 is 32.8 Å². The number of hydrogen-bond acceptors (Lipinski definition) is 4. The van der Waals surface area contributed by atoms with Crippen LogP contribution in [0.3, 0.4) is 0 Å². The van der Waals surface area contributed by atoms with Gasteiger partial charge >= 0.3 is 0 Å². The van der Waals surface area contributed by atoms with Crippen molar-refractivity contribution in [1.82, 2.24) is 0 Å². The Morgan fingerprint density at radius 2 is 2.00 bits per heavy atom. The summed E-state index contributed by atoms with van der Waals surface area (Å²) in [6, 6.07) is 3.87. The number of hydrogen-bond donors (Lipinski definition) is 0. The SMILES string of the molecule is CC(C)=C[C@@H]1[C@H](C(=O)SCc2cc3c(cc2Br)OCO3)C1(C)C. The molecule has 0 N–H and O–H groups in total. The van der Waals surface area contributed by atoms with E-state index in [1.54, 1.807) is 0 Å². The number of carbonyl (C=O) groups is 1. The number of benzene rings is 1. The molecule has 3 rings (SSSR count). The van der Waals surface area contributed by atoms with Crippen LogP contribution in [0.1, 0.15) is 33.3 Å². The zero-order valence-electron chi connectivity index (χ0n) is 13.8. The highest BCUT2D eigenvalue weighted by Crippen LogP contribution is 2.61. The van der Waals surface area contributed by atoms with Crippen molar-refractivity contribution in [3.05, 3.63) is 33.8 Å². The average Bonchev–Trinajstić information content (AvgIpc) is 2.82. The monoisotopic (exact) mass is 396 g/mol. The van der Waals surface area contributed by atoms with E-state index >= 15 is 0 Å². The topological polar surface area (TPSA) is 35.5 Å². The van der Waals surface area contributed by atoms with Crippen LogP contribution >= 0.6 is 27.7 Å². The molecule has 0 aromatic heterocycles. The number of rotatable bonds is 4. The summed E-state index contributed by atoms with van der Waals surface area (Å²) in [6.45, 7) is 8.80. The Bertz CT molecular complexity index is 677. The summed E-state index contributed by atoms with van der Waals surface area (Å²) < 4.78 is 11.7. The molecule has 0 saturated heterocycles. The number of fused-ring (bicyclic) bond motifs is 1. The van der Waals surface area contributed by atoms with Crippen molar-refractivity contribution in [2.24, 2.45) is 17.3 Å². The molecule has 23 heavy (non-hydrogen) atoms. The second kappa shape index (κ2) is 6.17. The van der Waals surface area contributed by atoms with Gasteiger partial charge in [0.1, 0.15) is 0 Å². The van der Waals surface area contributed by atoms with Crippen molar-refractivity contribution in [2.75, 3.05) is 6.79 Å². The molecule has 1 heterocycles. The molecule has 0 bridgehead atoms. The molecule has 0 radical (unpaired) electrons. The van der Waals surface area contributed by atoms with Crippen molar-refractivity contribution in [2.45, 2.75) is 33.4 Å². The van der Waals surface area contributed by atoms with E-state index in [-0.39, 0.29) is 23.2 Å². The van der Waals surface area contributed by atoms with Crippen molar-refractivity contribution in [3.63, 3.8) is 0 Å². The van der Waals surface area contributed by atoms with Gasteiger partial charge in [-0.3, -0.25) is 4.79 Å². The highest BCUT2D eigenvalue weighted by molar-refractivity contribution is 9.10. The third-order valence-corrected chi connectivity index (χ3v) is 6.32. The van der Waals surface area contributed by atoms with E-state index in [1.807, 2.05) is 12.1 Å². The minimum absolute atomic E-state index is 0.0769. The van der Waals surface area contributed by atoms with Gasteiger partial charge in [0.25, 0.3) is 0 Å². The van der Waals surface area contributed by atoms with Crippen LogP contribution in [0.15, 0.2) is 28.3 Å². The van der Waals surface area contributed by atoms with Crippen molar-refractivity contribution in [3.8, 4) is 11.5 Å². The number of allylic oxidation sites excluding steroid dienone is 2. The number of halogens is 1. The molecule has 1 aliphatic heterocycles. The second-order valence-corrected chi connectivity index (χ2v) is 8.81. The number of carbonyl (C=O) groups excluding carboxylic acids is 1. The van der Waals surface area contributed by atoms with Gasteiger partial charge in [0, 0.05) is 16.1 Å². The standard InChI is InChI=1S/C18H21BrO3S/c1-10(2)5-12-16(18(12,3)4)17(20)23-8-11-6-14-15(7-13(11)19)22-9-21-14/h5-7,12,16H,8-9H2,1-4H3/t12-,16-/m1/s1. The van der Waals surface area contributed by atoms with Crippen LogP contribution in [0.5, 0.6) is 11.5 Å². The van der Waals surface area contributed by atoms with Crippen LogP contribution < -0.4 is 9.47 Å². The molecule has 3 nitrogen and oxygen atoms in total. The van der Waals surface area contributed by atoms with E-state index in [0.29, 0.717) is 11.7 Å². The fourth-order valence-corrected chi connectivity index (χ4v) is 4.92. The summed E-state index contributed by atoms with van der Waals surface area (Å²) in [4.78, 5) is 12.6. The van der Waals surface area contributed by atoms with Gasteiger partial charge < -0.3 is 9.47 Å². The average molecular weight is 397 g/mol. The lowest BCUT2D eigenvalue weighted by molar-refractivity contribution is -0.112. The third-order valence-electron chi connectivity index (χ3n) is 4.59. The van der Waals surface area contributed by atoms with Gasteiger partial charge in [-0.05, 0) is 42.9 Å². The quantitative estimate of drug-likeness (QED) is 0.657. The summed E-state index contributed by atoms with van der Waals surface area (Å²) in [5.41, 5.74) is 2.42. The lowest BCUT2D eigenvalue weighted by Gasteiger charge is -2.06. The third kappa shape index (κ3) is 3.31. The van der Waals surface area contributed by atoms with E-state index in [2.05, 4.69) is 49.7 Å². The molecule has 124 valence electrons. The lowest BCUT2D eigenvalue weighted by atomic mass is 10.1. The van der Waals surface area contributed by atoms with Gasteiger partial charge in [-0.2, -0.15) is 0 Å². The zero-order valence-corrected chi connectivity index (χ0v) is 16.2. The van der Waals surface area contributed by atoms with Gasteiger partial charge in [0.15, 0.2) is 16.6 Å². The first kappa shape index (κ1) is 16.9. The van der Waals surface area contributed by atoms with E-state index in [1.165, 1.54) is 17.3 Å². The minimum atomic E-state index is 0.0769. The molecule has 0 amide bonds. The first-order valence-electron chi connectivity index (χ1n) is 7.70. The number of ether oxygens (including phenoxy) is 2. The van der Waals surface area contributed by atoms with Crippen LogP contribution in [0, 0.1) is 17.3 Å². The zero-order chi connectivity index (χ0) is 16.8. The smallest absolute Gasteiger partial charge is 0.231 e. The maximum absolute atomic E-state index is 12.6. The summed E-state index contributed by atoms with van der Waals surface area (Å²) in [5, 5.41) is 0.280. The van der Waals surface area contributed by atoms with Crippen LogP contribution in [-0.2, 0) is 10.5 Å². The highest BCUT2D eigenvalue weighted by Gasteiger charge is 2.60. The maximum Gasteiger partial charge on any atom is 0.231 e. The largest absolute Gasteiger partial charge is 0.454 e. The molecule has 2 aliphatic rings. The Morgan fingerprint density at radius 1 is 1.35 bits per heavy atom. The Hall–Kier alpha value is -0.940. The molecule has 0 spiro atoms. The van der Waals surface area contributed by atoms with Gasteiger partial charge in [0.2, 0.25) is 6.79 Å². The fraction of sp³-hybridized carbons (Fsp3) is 0.500. The molecular weight excluding hydrogens is 376 g/mol. The summed E-state index contributed by atoms with van der Waals surface area (Å²) in [7, 11) is 0. The lowest BCUT2D eigenvalue weighted by Crippen LogP contribution is -2.02. The van der Waals surface area contributed by atoms with E-state index < -0.39 is 0 Å². The molecular formula is C18H21BrO3S. The first-order valence-corrected chi connectivity index (χ1v) is 9.48. The highest BCUT2D eigenvalue weighted by atomic mass is 79.9. The minimum Gasteiger partial charge on any atom is -0.454 e. The van der Waals surface area contributed by atoms with Gasteiger partial charge in [-0.15, -0.1) is 0 Å². The molecule has 1 saturated carbocycles. The summed E-state index contributed by atoms with van der Waals surface area (Å²) >= 11 is 4.95. The molecule has 2 atom stereocenters. The Kier molecular flexibility index (Phi) is 4.53. The van der Waals surface area contributed by atoms with Gasteiger partial charge in [-0.25, -0.2) is 0 Å². The van der Waals surface area contributed by atoms with E-state index in [9.17, 15) is 4.79 Å². The molecule has 1 aromatic carbocycles. The summed E-state index contributed by atoms with van der Waals surface area (Å²) in [6.07, 6.45) is 2.24. The molecule has 5 heteroatoms. The Morgan fingerprint density at radius 3 is 2.65 bits per heavy atom. The van der Waals surface area contributed by atoms with Crippen LogP contribution in [0.4, 0.5) is 0 Å².